The van der Waals surface area contributed by atoms with Crippen molar-refractivity contribution in [2.24, 2.45) is 0 Å². The molecule has 0 spiro atoms. The van der Waals surface area contributed by atoms with Gasteiger partial charge in [-0.15, -0.1) is 0 Å². The van der Waals surface area contributed by atoms with E-state index in [-0.39, 0.29) is 43.5 Å². The van der Waals surface area contributed by atoms with Gasteiger partial charge in [0.25, 0.3) is 20.0 Å². The number of ether oxygens (including phenoxy) is 2. The molecule has 41 heavy (non-hydrogen) atoms. The van der Waals surface area contributed by atoms with Gasteiger partial charge in [-0.05, 0) is 60.7 Å². The number of sulfonamides is 1. The third-order valence-corrected chi connectivity index (χ3v) is 9.25. The maximum Gasteiger partial charge on any atom is 0.269 e. The third-order valence-electron chi connectivity index (χ3n) is 6.19. The predicted molar refractivity (Wildman–Crippen MR) is 151 cm³/mol. The van der Waals surface area contributed by atoms with E-state index in [2.05, 4.69) is 14.7 Å². The molecule has 0 atom stereocenters. The monoisotopic (exact) mass is 593 g/mol. The second-order valence-corrected chi connectivity index (χ2v) is 12.2. The standard InChI is InChI=1S/C27H23N5O7S2/c1-38-19-6-10-21(11-7-19)40(34,35)31-18-5-3-4-17(14-18)25(33)23-15-32(27-24(23)26(28)29-16-30-27)41(36,37)22-12-8-20(39-2)9-13-22/h3-16,31H,1-2H3,(H2,28,29,30). The van der Waals surface area contributed by atoms with Crippen LogP contribution >= 0.6 is 0 Å². The second-order valence-electron chi connectivity index (χ2n) is 8.67. The number of aromatic nitrogens is 3. The van der Waals surface area contributed by atoms with Crippen LogP contribution in [0.25, 0.3) is 11.0 Å². The summed E-state index contributed by atoms with van der Waals surface area (Å²) in [5.41, 5.74) is 6.10. The Kier molecular flexibility index (Phi) is 7.11. The molecule has 3 N–H and O–H groups in total. The zero-order valence-electron chi connectivity index (χ0n) is 21.7. The molecule has 210 valence electrons. The molecule has 0 fully saturated rings. The number of methoxy groups -OCH3 is 2. The van der Waals surface area contributed by atoms with E-state index in [0.29, 0.717) is 11.5 Å². The largest absolute Gasteiger partial charge is 0.497 e. The Morgan fingerprint density at radius 1 is 0.854 bits per heavy atom. The van der Waals surface area contributed by atoms with Crippen molar-refractivity contribution in [3.63, 3.8) is 0 Å². The summed E-state index contributed by atoms with van der Waals surface area (Å²) in [6.45, 7) is 0. The molecule has 2 heterocycles. The van der Waals surface area contributed by atoms with E-state index in [1.165, 1.54) is 87.0 Å². The van der Waals surface area contributed by atoms with Crippen LogP contribution in [0.2, 0.25) is 0 Å². The van der Waals surface area contributed by atoms with Gasteiger partial charge >= 0.3 is 0 Å². The van der Waals surface area contributed by atoms with Gasteiger partial charge in [0.2, 0.25) is 0 Å². The van der Waals surface area contributed by atoms with E-state index in [4.69, 9.17) is 15.2 Å². The van der Waals surface area contributed by atoms with Crippen LogP contribution in [0.15, 0.2) is 95.1 Å². The fourth-order valence-electron chi connectivity index (χ4n) is 4.12. The van der Waals surface area contributed by atoms with E-state index >= 15 is 0 Å². The molecule has 0 unspecified atom stereocenters. The van der Waals surface area contributed by atoms with E-state index in [1.807, 2.05) is 0 Å². The average Bonchev–Trinajstić information content (AvgIpc) is 3.38. The number of carbonyl (C=O) groups is 1. The first-order valence-electron chi connectivity index (χ1n) is 11.9. The summed E-state index contributed by atoms with van der Waals surface area (Å²) in [6.07, 6.45) is 2.23. The number of hydrogen-bond donors (Lipinski definition) is 2. The van der Waals surface area contributed by atoms with Crippen LogP contribution in [0, 0.1) is 0 Å². The first-order valence-corrected chi connectivity index (χ1v) is 14.8. The number of ketones is 1. The van der Waals surface area contributed by atoms with Gasteiger partial charge in [0.15, 0.2) is 11.4 Å². The van der Waals surface area contributed by atoms with Crippen LogP contribution in [0.4, 0.5) is 11.5 Å². The lowest BCUT2D eigenvalue weighted by atomic mass is 10.0. The van der Waals surface area contributed by atoms with Crippen LogP contribution in [-0.2, 0) is 20.0 Å². The second kappa shape index (κ2) is 10.6. The molecule has 2 aromatic heterocycles. The highest BCUT2D eigenvalue weighted by Gasteiger charge is 2.27. The van der Waals surface area contributed by atoms with Crippen LogP contribution in [-0.4, -0.2) is 50.8 Å². The normalized spacial score (nSPS) is 11.8. The summed E-state index contributed by atoms with van der Waals surface area (Å²) in [5.74, 6) is 0.239. The molecule has 0 amide bonds. The number of carbonyl (C=O) groups excluding carboxylic acids is 1. The van der Waals surface area contributed by atoms with Crippen molar-refractivity contribution in [3.05, 3.63) is 96.4 Å². The Morgan fingerprint density at radius 2 is 1.46 bits per heavy atom. The highest BCUT2D eigenvalue weighted by atomic mass is 32.2. The topological polar surface area (TPSA) is 173 Å². The first-order chi connectivity index (χ1) is 19.5. The number of fused-ring (bicyclic) bond motifs is 1. The smallest absolute Gasteiger partial charge is 0.269 e. The Balaban J connectivity index is 1.54. The van der Waals surface area contributed by atoms with Crippen LogP contribution < -0.4 is 19.9 Å². The number of nitrogens with two attached hydrogens (primary N) is 1. The minimum atomic E-state index is -4.21. The first kappa shape index (κ1) is 27.6. The molecule has 0 aliphatic rings. The van der Waals surface area contributed by atoms with Crippen molar-refractivity contribution >= 4 is 48.4 Å². The number of benzene rings is 3. The Labute approximate surface area is 235 Å². The highest BCUT2D eigenvalue weighted by Crippen LogP contribution is 2.30. The van der Waals surface area contributed by atoms with Gasteiger partial charge in [0, 0.05) is 17.4 Å². The lowest BCUT2D eigenvalue weighted by Crippen LogP contribution is -2.13. The molecule has 0 aliphatic carbocycles. The molecule has 3 aromatic carbocycles. The van der Waals surface area contributed by atoms with Crippen LogP contribution in [0.3, 0.4) is 0 Å². The minimum absolute atomic E-state index is 0.00763. The Bertz CT molecular complexity index is 1990. The zero-order chi connectivity index (χ0) is 29.4. The van der Waals surface area contributed by atoms with E-state index in [9.17, 15) is 21.6 Å². The van der Waals surface area contributed by atoms with Gasteiger partial charge < -0.3 is 15.2 Å². The van der Waals surface area contributed by atoms with Gasteiger partial charge in [-0.3, -0.25) is 9.52 Å². The van der Waals surface area contributed by atoms with Gasteiger partial charge in [0.1, 0.15) is 23.6 Å². The predicted octanol–water partition coefficient (Wildman–Crippen LogP) is 3.30. The highest BCUT2D eigenvalue weighted by molar-refractivity contribution is 7.92. The number of rotatable bonds is 9. The molecule has 0 bridgehead atoms. The van der Waals surface area contributed by atoms with Crippen molar-refractivity contribution in [1.29, 1.82) is 0 Å². The maximum absolute atomic E-state index is 13.7. The molecule has 0 aliphatic heterocycles. The van der Waals surface area contributed by atoms with Crippen LogP contribution in [0.5, 0.6) is 11.5 Å². The van der Waals surface area contributed by atoms with Gasteiger partial charge in [-0.1, -0.05) is 12.1 Å². The summed E-state index contributed by atoms with van der Waals surface area (Å²) in [7, 11) is -5.27. The molecule has 0 radical (unpaired) electrons. The minimum Gasteiger partial charge on any atom is -0.497 e. The molecule has 5 aromatic rings. The zero-order valence-corrected chi connectivity index (χ0v) is 23.3. The van der Waals surface area contributed by atoms with E-state index < -0.39 is 25.8 Å². The van der Waals surface area contributed by atoms with Gasteiger partial charge in [-0.2, -0.15) is 0 Å². The number of nitrogens with one attached hydrogen (secondary N) is 1. The van der Waals surface area contributed by atoms with Crippen molar-refractivity contribution in [2.75, 3.05) is 24.7 Å². The third kappa shape index (κ3) is 5.17. The van der Waals surface area contributed by atoms with Crippen LogP contribution in [0.1, 0.15) is 15.9 Å². The summed E-state index contributed by atoms with van der Waals surface area (Å²) in [6, 6.07) is 17.3. The quantitative estimate of drug-likeness (QED) is 0.242. The van der Waals surface area contributed by atoms with Gasteiger partial charge in [0.05, 0.1) is 35.0 Å². The SMILES string of the molecule is COc1ccc(S(=O)(=O)Nc2cccc(C(=O)c3cn(S(=O)(=O)c4ccc(OC)cc4)c4ncnc(N)c34)c2)cc1. The molecule has 12 nitrogen and oxygen atoms in total. The summed E-state index contributed by atoms with van der Waals surface area (Å²) < 4.78 is 66.4. The van der Waals surface area contributed by atoms with E-state index in [0.717, 1.165) is 16.5 Å². The number of nitrogen functional groups attached to an aromatic ring is 1. The molecule has 0 saturated heterocycles. The fraction of sp³-hybridized carbons (Fsp3) is 0.0741. The fourth-order valence-corrected chi connectivity index (χ4v) is 6.49. The lowest BCUT2D eigenvalue weighted by Gasteiger charge is -2.10. The Morgan fingerprint density at radius 3 is 2.07 bits per heavy atom. The molecule has 0 saturated carbocycles. The van der Waals surface area contributed by atoms with E-state index in [1.54, 1.807) is 0 Å². The molecule has 14 heteroatoms. The summed E-state index contributed by atoms with van der Waals surface area (Å²) in [4.78, 5) is 21.7. The van der Waals surface area contributed by atoms with Crippen molar-refractivity contribution in [3.8, 4) is 11.5 Å². The lowest BCUT2D eigenvalue weighted by molar-refractivity contribution is 0.104. The summed E-state index contributed by atoms with van der Waals surface area (Å²) >= 11 is 0. The number of anilines is 2. The maximum atomic E-state index is 13.7. The molecular formula is C27H23N5O7S2. The summed E-state index contributed by atoms with van der Waals surface area (Å²) in [5, 5.41) is 0.0406. The Hall–Kier alpha value is -4.95. The number of hydrogen-bond acceptors (Lipinski definition) is 10. The molecular weight excluding hydrogens is 570 g/mol. The number of nitrogens with zero attached hydrogens (tertiary/aromatic N) is 3. The van der Waals surface area contributed by atoms with Gasteiger partial charge in [-0.25, -0.2) is 30.8 Å². The van der Waals surface area contributed by atoms with Crippen molar-refractivity contribution < 1.29 is 31.1 Å². The average molecular weight is 594 g/mol. The molecule has 5 rings (SSSR count). The van der Waals surface area contributed by atoms with Crippen molar-refractivity contribution in [2.45, 2.75) is 9.79 Å². The van der Waals surface area contributed by atoms with Crippen molar-refractivity contribution in [1.82, 2.24) is 13.9 Å².